The van der Waals surface area contributed by atoms with E-state index in [-0.39, 0.29) is 0 Å². The van der Waals surface area contributed by atoms with Gasteiger partial charge in [-0.05, 0) is 152 Å². The predicted octanol–water partition coefficient (Wildman–Crippen LogP) is 22.5. The van der Waals surface area contributed by atoms with Gasteiger partial charge in [0, 0.05) is 76.7 Å². The third-order valence-corrected chi connectivity index (χ3v) is 20.4. The third-order valence-electron chi connectivity index (χ3n) is 20.4. The lowest BCUT2D eigenvalue weighted by Gasteiger charge is -2.30. The van der Waals surface area contributed by atoms with Crippen molar-refractivity contribution in [3.05, 3.63) is 332 Å². The molecule has 0 bridgehead atoms. The number of benzene rings is 14. The minimum absolute atomic E-state index is 0.469. The number of hydrogen-bond acceptors (Lipinski definition) is 5. The van der Waals surface area contributed by atoms with Gasteiger partial charge in [0.15, 0.2) is 17.5 Å². The van der Waals surface area contributed by atoms with Crippen LogP contribution < -0.4 is 0 Å². The van der Waals surface area contributed by atoms with Gasteiger partial charge in [0.05, 0.1) is 27.5 Å². The Balaban J connectivity index is 0.721. The summed E-state index contributed by atoms with van der Waals surface area (Å²) in [6.07, 6.45) is 0. The van der Waals surface area contributed by atoms with E-state index in [1.165, 1.54) is 77.1 Å². The smallest absolute Gasteiger partial charge is 0.164 e. The maximum Gasteiger partial charge on any atom is 0.164 e. The number of rotatable bonds is 7. The summed E-state index contributed by atoms with van der Waals surface area (Å²) >= 11 is 0. The molecule has 7 nitrogen and oxygen atoms in total. The van der Waals surface area contributed by atoms with Gasteiger partial charge < -0.3 is 18.0 Å². The van der Waals surface area contributed by atoms with Gasteiger partial charge in [-0.2, -0.15) is 0 Å². The maximum absolute atomic E-state index is 6.79. The molecule has 95 heavy (non-hydrogen) atoms. The van der Waals surface area contributed by atoms with Crippen LogP contribution in [0.5, 0.6) is 0 Å². The van der Waals surface area contributed by atoms with E-state index in [2.05, 4.69) is 276 Å². The molecule has 2 aliphatic carbocycles. The summed E-state index contributed by atoms with van der Waals surface area (Å²) in [5, 5.41) is 8.60. The first kappa shape index (κ1) is 52.0. The van der Waals surface area contributed by atoms with E-state index in [0.717, 1.165) is 105 Å². The number of fused-ring (bicyclic) bond motifs is 23. The van der Waals surface area contributed by atoms with Gasteiger partial charge in [0.2, 0.25) is 0 Å². The Hall–Kier alpha value is -12.7. The highest BCUT2D eigenvalue weighted by Crippen LogP contribution is 2.64. The molecule has 0 N–H and O–H groups in total. The normalized spacial score (nSPS) is 12.9. The van der Waals surface area contributed by atoms with E-state index in [0.29, 0.717) is 17.5 Å². The SMILES string of the molecule is c1ccc(-c2nc(-c3cccc4oc5ccc(-c6ccc7c(c6)c6ccccc6n7-c6ccccc6)cc5c34)nc(-c3cccc4oc5ccc(-c6ccc7c(c6)c6ccc8c(c6n7-c6ccccc6)-c6ccccc6C86c7ccccc7-c7ccccc76)cc5c34)n2)cc1. The first-order valence-electron chi connectivity index (χ1n) is 32.4. The minimum Gasteiger partial charge on any atom is -0.456 e. The number of furan rings is 2. The fourth-order valence-electron chi connectivity index (χ4n) is 16.4. The molecule has 0 radical (unpaired) electrons. The second kappa shape index (κ2) is 19.7. The van der Waals surface area contributed by atoms with Gasteiger partial charge in [-0.1, -0.05) is 218 Å². The monoisotopic (exact) mass is 1210 g/mol. The fourth-order valence-corrected chi connectivity index (χ4v) is 16.4. The lowest BCUT2D eigenvalue weighted by atomic mass is 9.70. The first-order valence-corrected chi connectivity index (χ1v) is 32.4. The van der Waals surface area contributed by atoms with Gasteiger partial charge >= 0.3 is 0 Å². The molecule has 5 heterocycles. The standard InChI is InChI=1S/C88H51N5O2/c1-4-20-52(21-5-1)85-89-86(64-30-18-36-79-81(64)68-50-55(40-46-77(68)94-79)53-38-44-75-66(48-53)61-28-13-17-35-74(61)92(75)57-22-6-2-7-23-57)91-87(90-85)65-31-19-37-80-82(65)69-51-56(41-47-78(69)95-80)54-39-45-76-67(49-54)62-42-43-73-83(84(62)93(76)58-24-8-3-9-25-58)63-29-12-16-34-72(63)88(73)70-32-14-10-26-59(70)60-27-11-15-33-71(60)88/h1-51H. The van der Waals surface area contributed by atoms with Crippen LogP contribution in [0, 0.1) is 0 Å². The zero-order chi connectivity index (χ0) is 62.0. The highest BCUT2D eigenvalue weighted by molar-refractivity contribution is 6.19. The summed E-state index contributed by atoms with van der Waals surface area (Å²) in [6.45, 7) is 0. The van der Waals surface area contributed by atoms with Crippen molar-refractivity contribution in [3.8, 4) is 90.0 Å². The second-order valence-corrected chi connectivity index (χ2v) is 25.2. The molecular weight excluding hydrogens is 1160 g/mol. The van der Waals surface area contributed by atoms with Crippen molar-refractivity contribution in [2.24, 2.45) is 0 Å². The quantitative estimate of drug-likeness (QED) is 0.159. The van der Waals surface area contributed by atoms with Crippen LogP contribution in [-0.2, 0) is 5.41 Å². The van der Waals surface area contributed by atoms with E-state index in [1.807, 2.05) is 42.5 Å². The molecule has 21 rings (SSSR count). The van der Waals surface area contributed by atoms with Crippen molar-refractivity contribution >= 4 is 87.5 Å². The van der Waals surface area contributed by atoms with Crippen molar-refractivity contribution in [2.75, 3.05) is 0 Å². The van der Waals surface area contributed by atoms with Crippen LogP contribution in [0.3, 0.4) is 0 Å². The number of hydrogen-bond donors (Lipinski definition) is 0. The molecule has 0 amide bonds. The van der Waals surface area contributed by atoms with E-state index >= 15 is 0 Å². The average Bonchev–Trinajstić information content (AvgIpc) is 1.50. The molecule has 0 fully saturated rings. The van der Waals surface area contributed by atoms with Gasteiger partial charge in [-0.15, -0.1) is 0 Å². The van der Waals surface area contributed by atoms with Crippen molar-refractivity contribution in [2.45, 2.75) is 5.41 Å². The summed E-state index contributed by atoms with van der Waals surface area (Å²) in [5.74, 6) is 1.64. The van der Waals surface area contributed by atoms with Crippen molar-refractivity contribution in [3.63, 3.8) is 0 Å². The van der Waals surface area contributed by atoms with Gasteiger partial charge in [0.1, 0.15) is 22.3 Å². The summed E-state index contributed by atoms with van der Waals surface area (Å²) in [5.41, 5.74) is 26.9. The number of para-hydroxylation sites is 3. The lowest BCUT2D eigenvalue weighted by molar-refractivity contribution is 0.668. The van der Waals surface area contributed by atoms with Crippen LogP contribution in [0.15, 0.2) is 318 Å². The van der Waals surface area contributed by atoms with Crippen LogP contribution in [0.2, 0.25) is 0 Å². The minimum atomic E-state index is -0.469. The Kier molecular flexibility index (Phi) is 10.8. The summed E-state index contributed by atoms with van der Waals surface area (Å²) < 4.78 is 18.4. The molecule has 0 aliphatic heterocycles. The average molecular weight is 1210 g/mol. The van der Waals surface area contributed by atoms with Gasteiger partial charge in [-0.3, -0.25) is 0 Å². The first-order chi connectivity index (χ1) is 47.1. The molecule has 1 spiro atoms. The van der Waals surface area contributed by atoms with Gasteiger partial charge in [-0.25, -0.2) is 15.0 Å². The zero-order valence-electron chi connectivity index (χ0n) is 51.0. The Morgan fingerprint density at radius 3 is 1.27 bits per heavy atom. The fraction of sp³-hybridized carbons (Fsp3) is 0.0114. The van der Waals surface area contributed by atoms with Crippen LogP contribution in [0.1, 0.15) is 22.3 Å². The molecule has 2 aliphatic rings. The van der Waals surface area contributed by atoms with E-state index < -0.39 is 5.41 Å². The van der Waals surface area contributed by atoms with E-state index in [9.17, 15) is 0 Å². The maximum atomic E-state index is 6.79. The van der Waals surface area contributed by atoms with E-state index in [4.69, 9.17) is 23.8 Å². The zero-order valence-corrected chi connectivity index (χ0v) is 51.0. The molecule has 0 saturated heterocycles. The third kappa shape index (κ3) is 7.32. The molecule has 0 unspecified atom stereocenters. The Morgan fingerprint density at radius 1 is 0.253 bits per heavy atom. The second-order valence-electron chi connectivity index (χ2n) is 25.2. The van der Waals surface area contributed by atoms with Crippen LogP contribution in [0.25, 0.3) is 178 Å². The molecule has 0 atom stereocenters. The van der Waals surface area contributed by atoms with Crippen LogP contribution >= 0.6 is 0 Å². The number of nitrogens with zero attached hydrogens (tertiary/aromatic N) is 5. The van der Waals surface area contributed by atoms with Crippen molar-refractivity contribution in [1.82, 2.24) is 24.1 Å². The molecule has 5 aromatic heterocycles. The lowest BCUT2D eigenvalue weighted by Crippen LogP contribution is -2.25. The van der Waals surface area contributed by atoms with Crippen molar-refractivity contribution < 1.29 is 8.83 Å². The molecule has 14 aromatic carbocycles. The molecule has 0 saturated carbocycles. The molecule has 7 heteroatoms. The van der Waals surface area contributed by atoms with Crippen LogP contribution in [-0.4, -0.2) is 24.1 Å². The Labute approximate surface area is 544 Å². The Morgan fingerprint density at radius 2 is 0.684 bits per heavy atom. The Bertz CT molecular complexity index is 6420. The summed E-state index contributed by atoms with van der Waals surface area (Å²) in [7, 11) is 0. The highest BCUT2D eigenvalue weighted by Gasteiger charge is 2.52. The summed E-state index contributed by atoms with van der Waals surface area (Å²) in [4.78, 5) is 16.2. The highest BCUT2D eigenvalue weighted by atomic mass is 16.3. The molecular formula is C88H51N5O2. The predicted molar refractivity (Wildman–Crippen MR) is 387 cm³/mol. The number of aromatic nitrogens is 5. The largest absolute Gasteiger partial charge is 0.456 e. The molecule has 19 aromatic rings. The van der Waals surface area contributed by atoms with Crippen LogP contribution in [0.4, 0.5) is 0 Å². The van der Waals surface area contributed by atoms with Gasteiger partial charge in [0.25, 0.3) is 0 Å². The summed E-state index contributed by atoms with van der Waals surface area (Å²) in [6, 6.07) is 112. The molecule has 440 valence electrons. The van der Waals surface area contributed by atoms with E-state index in [1.54, 1.807) is 0 Å². The topological polar surface area (TPSA) is 74.8 Å². The van der Waals surface area contributed by atoms with Crippen molar-refractivity contribution in [1.29, 1.82) is 0 Å².